The molecule has 0 saturated carbocycles. The number of hydrogen-bond donors (Lipinski definition) is 0. The fourth-order valence-electron chi connectivity index (χ4n) is 3.78. The molecule has 0 spiro atoms. The van der Waals surface area contributed by atoms with Gasteiger partial charge in [-0.05, 0) is 43.2 Å². The van der Waals surface area contributed by atoms with E-state index >= 15 is 0 Å². The number of hydrogen-bond acceptors (Lipinski definition) is 5. The summed E-state index contributed by atoms with van der Waals surface area (Å²) >= 11 is 0. The van der Waals surface area contributed by atoms with Gasteiger partial charge in [0.15, 0.2) is 5.82 Å². The van der Waals surface area contributed by atoms with E-state index in [0.29, 0.717) is 34.4 Å². The van der Waals surface area contributed by atoms with Crippen LogP contribution in [-0.2, 0) is 17.7 Å². The average molecular weight is 555 g/mol. The lowest BCUT2D eigenvalue weighted by atomic mass is 10.1. The molecule has 0 unspecified atom stereocenters. The smallest absolute Gasteiger partial charge is 0.430 e. The van der Waals surface area contributed by atoms with Crippen LogP contribution in [0.15, 0.2) is 79.1 Å². The van der Waals surface area contributed by atoms with Crippen molar-refractivity contribution in [3.05, 3.63) is 95.9 Å². The summed E-state index contributed by atoms with van der Waals surface area (Å²) in [6.45, 7) is 11.4. The molecule has 1 aliphatic rings. The van der Waals surface area contributed by atoms with E-state index < -0.39 is 24.7 Å². The van der Waals surface area contributed by atoms with E-state index in [4.69, 9.17) is 4.74 Å². The Hall–Kier alpha value is -4.09. The molecule has 210 valence electrons. The van der Waals surface area contributed by atoms with Crippen LogP contribution in [0.25, 0.3) is 5.70 Å². The van der Waals surface area contributed by atoms with Crippen molar-refractivity contribution in [3.63, 3.8) is 0 Å². The number of nitrogens with zero attached hydrogens (tertiary/aromatic N) is 4. The summed E-state index contributed by atoms with van der Waals surface area (Å²) in [5, 5.41) is 0. The molecular weight excluding hydrogens is 526 g/mol. The molecule has 0 saturated heterocycles. The lowest BCUT2D eigenvalue weighted by molar-refractivity contribution is -0.303. The Morgan fingerprint density at radius 2 is 1.62 bits per heavy atom. The Labute approximate surface area is 222 Å². The van der Waals surface area contributed by atoms with Crippen LogP contribution in [0.4, 0.5) is 32.2 Å². The first kappa shape index (κ1) is 29.5. The minimum absolute atomic E-state index is 0.135. The molecule has 0 aliphatic carbocycles. The van der Waals surface area contributed by atoms with Gasteiger partial charge in [-0.15, -0.1) is 13.2 Å². The van der Waals surface area contributed by atoms with Crippen molar-refractivity contribution in [3.8, 4) is 6.01 Å². The van der Waals surface area contributed by atoms with Gasteiger partial charge in [-0.2, -0.15) is 18.2 Å². The highest BCUT2D eigenvalue weighted by molar-refractivity contribution is 5.77. The van der Waals surface area contributed by atoms with E-state index in [1.807, 2.05) is 0 Å². The second kappa shape index (κ2) is 11.3. The van der Waals surface area contributed by atoms with Crippen LogP contribution in [0.1, 0.15) is 30.7 Å². The summed E-state index contributed by atoms with van der Waals surface area (Å²) in [5.74, 6) is 1.03. The van der Waals surface area contributed by atoms with Gasteiger partial charge in [-0.1, -0.05) is 43.5 Å². The summed E-state index contributed by atoms with van der Waals surface area (Å²) in [6, 6.07) is 6.17. The Morgan fingerprint density at radius 1 is 1.00 bits per heavy atom. The number of imidazole rings is 1. The summed E-state index contributed by atoms with van der Waals surface area (Å²) in [6.07, 6.45) is -5.08. The van der Waals surface area contributed by atoms with Gasteiger partial charge in [0.1, 0.15) is 23.0 Å². The van der Waals surface area contributed by atoms with E-state index in [1.165, 1.54) is 37.3 Å². The summed E-state index contributed by atoms with van der Waals surface area (Å²) < 4.78 is 87.3. The van der Waals surface area contributed by atoms with Crippen molar-refractivity contribution in [2.75, 3.05) is 19.0 Å². The van der Waals surface area contributed by atoms with Gasteiger partial charge in [0.05, 0.1) is 18.7 Å². The number of alkyl halides is 6. The summed E-state index contributed by atoms with van der Waals surface area (Å²) in [5.41, 5.74) is 2.01. The molecule has 6 nitrogen and oxygen atoms in total. The number of fused-ring (bicyclic) bond motifs is 1. The van der Waals surface area contributed by atoms with Crippen LogP contribution in [0.3, 0.4) is 0 Å². The maximum atomic E-state index is 12.8. The first-order chi connectivity index (χ1) is 18.1. The molecule has 12 heteroatoms. The van der Waals surface area contributed by atoms with Crippen molar-refractivity contribution in [1.29, 1.82) is 0 Å². The van der Waals surface area contributed by atoms with Gasteiger partial charge in [-0.25, -0.2) is 0 Å². The lowest BCUT2D eigenvalue weighted by Gasteiger charge is -2.36. The zero-order valence-electron chi connectivity index (χ0n) is 21.8. The normalized spacial score (nSPS) is 15.3. The molecule has 0 bridgehead atoms. The Balaban J connectivity index is 1.94. The van der Waals surface area contributed by atoms with Crippen molar-refractivity contribution < 1.29 is 35.8 Å². The molecule has 0 amide bonds. The molecule has 0 fully saturated rings. The molecule has 1 aromatic heterocycles. The van der Waals surface area contributed by atoms with Crippen LogP contribution in [-0.4, -0.2) is 41.1 Å². The molecule has 1 aromatic carbocycles. The zero-order valence-corrected chi connectivity index (χ0v) is 21.8. The van der Waals surface area contributed by atoms with Crippen LogP contribution in [0.5, 0.6) is 6.01 Å². The number of rotatable bonds is 8. The number of anilines is 1. The maximum absolute atomic E-state index is 12.8. The van der Waals surface area contributed by atoms with E-state index in [9.17, 15) is 26.3 Å². The first-order valence-corrected chi connectivity index (χ1v) is 11.6. The monoisotopic (exact) mass is 554 g/mol. The molecule has 0 N–H and O–H groups in total. The van der Waals surface area contributed by atoms with Crippen molar-refractivity contribution in [1.82, 2.24) is 14.5 Å². The van der Waals surface area contributed by atoms with E-state index in [2.05, 4.69) is 22.9 Å². The van der Waals surface area contributed by atoms with Gasteiger partial charge in [0.2, 0.25) is 0 Å². The summed E-state index contributed by atoms with van der Waals surface area (Å²) in [4.78, 5) is 8.10. The molecule has 1 aliphatic heterocycles. The van der Waals surface area contributed by atoms with Crippen molar-refractivity contribution >= 4 is 11.5 Å². The van der Waals surface area contributed by atoms with E-state index in [-0.39, 0.29) is 18.1 Å². The van der Waals surface area contributed by atoms with Crippen LogP contribution in [0.2, 0.25) is 0 Å². The maximum Gasteiger partial charge on any atom is 0.573 e. The third-order valence-electron chi connectivity index (χ3n) is 5.81. The summed E-state index contributed by atoms with van der Waals surface area (Å²) in [7, 11) is 3.55. The molecule has 0 radical (unpaired) electrons. The van der Waals surface area contributed by atoms with E-state index in [0.717, 1.165) is 6.08 Å². The zero-order chi connectivity index (χ0) is 29.1. The SMILES string of the molecule is C=C1c2c(nc(O/C(C)=C/C=C\C(=C/C)OC(F)(F)F)n2Cc2ccc(CC(F)(F)F)cc2)N(C)C(=C)N1C. The minimum Gasteiger partial charge on any atom is -0.430 e. The van der Waals surface area contributed by atoms with Crippen molar-refractivity contribution in [2.45, 2.75) is 39.4 Å². The minimum atomic E-state index is -4.82. The standard InChI is InChI=1S/C27H28F6N4O2/c1-7-22(39-27(31,32)33)10-8-9-17(2)38-25-34-24-23(18(3)35(5)19(4)36(24)6)37(25)16-21-13-11-20(12-14-21)15-26(28,29)30/h7-14H,3-4,15-16H2,1-2,5-6H3/b10-8-,17-9+,22-7+. The van der Waals surface area contributed by atoms with Crippen LogP contribution in [0, 0.1) is 0 Å². The molecule has 2 aromatic rings. The molecule has 39 heavy (non-hydrogen) atoms. The van der Waals surface area contributed by atoms with Crippen molar-refractivity contribution in [2.24, 2.45) is 0 Å². The Kier molecular flexibility index (Phi) is 8.57. The van der Waals surface area contributed by atoms with Gasteiger partial charge in [-0.3, -0.25) is 4.57 Å². The van der Waals surface area contributed by atoms with Crippen LogP contribution >= 0.6 is 0 Å². The van der Waals surface area contributed by atoms with Gasteiger partial charge < -0.3 is 19.3 Å². The van der Waals surface area contributed by atoms with E-state index in [1.54, 1.807) is 47.5 Å². The second-order valence-corrected chi connectivity index (χ2v) is 8.72. The molecule has 0 atom stereocenters. The second-order valence-electron chi connectivity index (χ2n) is 8.72. The van der Waals surface area contributed by atoms with Gasteiger partial charge >= 0.3 is 18.5 Å². The Morgan fingerprint density at radius 3 is 2.18 bits per heavy atom. The quantitative estimate of drug-likeness (QED) is 0.197. The third kappa shape index (κ3) is 7.49. The Bertz CT molecular complexity index is 1320. The predicted molar refractivity (Wildman–Crippen MR) is 136 cm³/mol. The topological polar surface area (TPSA) is 42.8 Å². The predicted octanol–water partition coefficient (Wildman–Crippen LogP) is 7.14. The van der Waals surface area contributed by atoms with Gasteiger partial charge in [0.25, 0.3) is 0 Å². The number of halogens is 6. The number of benzene rings is 1. The largest absolute Gasteiger partial charge is 0.573 e. The van der Waals surface area contributed by atoms with Gasteiger partial charge in [0, 0.05) is 14.1 Å². The highest BCUT2D eigenvalue weighted by atomic mass is 19.4. The highest BCUT2D eigenvalue weighted by Gasteiger charge is 2.33. The molecule has 2 heterocycles. The number of ether oxygens (including phenoxy) is 2. The lowest BCUT2D eigenvalue weighted by Crippen LogP contribution is -2.34. The highest BCUT2D eigenvalue weighted by Crippen LogP contribution is 2.39. The number of aromatic nitrogens is 2. The third-order valence-corrected chi connectivity index (χ3v) is 5.81. The average Bonchev–Trinajstić information content (AvgIpc) is 3.17. The molecule has 3 rings (SSSR count). The first-order valence-electron chi connectivity index (χ1n) is 11.6. The molecular formula is C27H28F6N4O2. The van der Waals surface area contributed by atoms with Crippen LogP contribution < -0.4 is 9.64 Å². The number of allylic oxidation sites excluding steroid dienone is 5. The fourth-order valence-corrected chi connectivity index (χ4v) is 3.78. The fraction of sp³-hybridized carbons (Fsp3) is 0.296.